The van der Waals surface area contributed by atoms with Crippen molar-refractivity contribution < 1.29 is 10.2 Å². The van der Waals surface area contributed by atoms with E-state index in [9.17, 15) is 10.2 Å². The Hall–Kier alpha value is -2.74. The lowest BCUT2D eigenvalue weighted by molar-refractivity contribution is 0.398. The minimum absolute atomic E-state index is 0.0284. The molecule has 110 valence electrons. The molecule has 0 fully saturated rings. The molecule has 2 nitrogen and oxygen atoms in total. The van der Waals surface area contributed by atoms with Crippen molar-refractivity contribution in [2.24, 2.45) is 0 Å². The van der Waals surface area contributed by atoms with Gasteiger partial charge in [0.05, 0.1) is 0 Å². The van der Waals surface area contributed by atoms with Crippen molar-refractivity contribution in [1.29, 1.82) is 0 Å². The van der Waals surface area contributed by atoms with Crippen LogP contribution in [0.15, 0.2) is 78.9 Å². The zero-order valence-corrected chi connectivity index (χ0v) is 12.2. The summed E-state index contributed by atoms with van der Waals surface area (Å²) in [6, 6.07) is 25.6. The van der Waals surface area contributed by atoms with E-state index in [0.29, 0.717) is 6.42 Å². The minimum Gasteiger partial charge on any atom is -0.504 e. The van der Waals surface area contributed by atoms with Crippen LogP contribution in [0.1, 0.15) is 22.6 Å². The number of hydrogen-bond acceptors (Lipinski definition) is 2. The van der Waals surface area contributed by atoms with Crippen LogP contribution in [0.5, 0.6) is 11.5 Å². The number of aromatic hydroxyl groups is 2. The summed E-state index contributed by atoms with van der Waals surface area (Å²) in [6.07, 6.45) is 0.633. The van der Waals surface area contributed by atoms with E-state index in [0.717, 1.165) is 5.56 Å². The van der Waals surface area contributed by atoms with Crippen LogP contribution in [-0.2, 0) is 6.42 Å². The van der Waals surface area contributed by atoms with Gasteiger partial charge in [-0.1, -0.05) is 72.8 Å². The maximum absolute atomic E-state index is 10.1. The second kappa shape index (κ2) is 6.35. The summed E-state index contributed by atoms with van der Waals surface area (Å²) in [5, 5.41) is 19.8. The highest BCUT2D eigenvalue weighted by molar-refractivity contribution is 5.46. The predicted molar refractivity (Wildman–Crippen MR) is 88.2 cm³/mol. The number of phenols is 2. The maximum atomic E-state index is 10.1. The number of rotatable bonds is 4. The summed E-state index contributed by atoms with van der Waals surface area (Å²) in [5.74, 6) is 0.0341. The SMILES string of the molecule is Oc1cccc(CC(c2ccccc2)c2ccccc2)c1O. The molecule has 2 N–H and O–H groups in total. The van der Waals surface area contributed by atoms with E-state index >= 15 is 0 Å². The summed E-state index contributed by atoms with van der Waals surface area (Å²) in [6.45, 7) is 0. The van der Waals surface area contributed by atoms with Crippen LogP contribution < -0.4 is 0 Å². The van der Waals surface area contributed by atoms with Gasteiger partial charge in [-0.05, 0) is 29.2 Å². The van der Waals surface area contributed by atoms with Crippen LogP contribution in [0.25, 0.3) is 0 Å². The molecule has 0 amide bonds. The van der Waals surface area contributed by atoms with Gasteiger partial charge in [-0.25, -0.2) is 0 Å². The lowest BCUT2D eigenvalue weighted by Crippen LogP contribution is -2.05. The highest BCUT2D eigenvalue weighted by atomic mass is 16.3. The Morgan fingerprint density at radius 1 is 0.636 bits per heavy atom. The average molecular weight is 290 g/mol. The molecule has 0 atom stereocenters. The van der Waals surface area contributed by atoms with Crippen LogP contribution in [0.2, 0.25) is 0 Å². The molecule has 0 aliphatic carbocycles. The molecule has 0 saturated heterocycles. The third-order valence-electron chi connectivity index (χ3n) is 3.93. The minimum atomic E-state index is -0.0719. The molecule has 3 rings (SSSR count). The number of para-hydroxylation sites is 1. The van der Waals surface area contributed by atoms with Gasteiger partial charge in [-0.2, -0.15) is 0 Å². The van der Waals surface area contributed by atoms with Gasteiger partial charge < -0.3 is 10.2 Å². The van der Waals surface area contributed by atoms with Crippen molar-refractivity contribution in [2.45, 2.75) is 12.3 Å². The summed E-state index contributed by atoms with van der Waals surface area (Å²) in [5.41, 5.74) is 3.13. The highest BCUT2D eigenvalue weighted by Crippen LogP contribution is 2.35. The monoisotopic (exact) mass is 290 g/mol. The van der Waals surface area contributed by atoms with Crippen molar-refractivity contribution in [3.8, 4) is 11.5 Å². The fourth-order valence-corrected chi connectivity index (χ4v) is 2.76. The van der Waals surface area contributed by atoms with Crippen LogP contribution in [0.3, 0.4) is 0 Å². The standard InChI is InChI=1S/C20H18O2/c21-19-13-7-12-17(20(19)22)14-18(15-8-3-1-4-9-15)16-10-5-2-6-11-16/h1-13,18,21-22H,14H2. The highest BCUT2D eigenvalue weighted by Gasteiger charge is 2.17. The van der Waals surface area contributed by atoms with E-state index in [1.54, 1.807) is 6.07 Å². The van der Waals surface area contributed by atoms with Crippen LogP contribution in [0, 0.1) is 0 Å². The van der Waals surface area contributed by atoms with Crippen LogP contribution in [-0.4, -0.2) is 10.2 Å². The van der Waals surface area contributed by atoms with E-state index in [4.69, 9.17) is 0 Å². The Balaban J connectivity index is 2.01. The van der Waals surface area contributed by atoms with Gasteiger partial charge in [0.25, 0.3) is 0 Å². The first-order valence-electron chi connectivity index (χ1n) is 7.35. The average Bonchev–Trinajstić information content (AvgIpc) is 2.58. The molecule has 0 aromatic heterocycles. The second-order valence-corrected chi connectivity index (χ2v) is 5.36. The van der Waals surface area contributed by atoms with Gasteiger partial charge in [0.15, 0.2) is 11.5 Å². The summed E-state index contributed by atoms with van der Waals surface area (Å²) in [4.78, 5) is 0. The van der Waals surface area contributed by atoms with E-state index in [1.807, 2.05) is 42.5 Å². The third kappa shape index (κ3) is 2.96. The van der Waals surface area contributed by atoms with Crippen LogP contribution in [0.4, 0.5) is 0 Å². The first-order valence-corrected chi connectivity index (χ1v) is 7.35. The molecular weight excluding hydrogens is 272 g/mol. The Morgan fingerprint density at radius 3 is 1.73 bits per heavy atom. The summed E-state index contributed by atoms with van der Waals surface area (Å²) >= 11 is 0. The van der Waals surface area contributed by atoms with Gasteiger partial charge in [0.2, 0.25) is 0 Å². The molecule has 2 heteroatoms. The fourth-order valence-electron chi connectivity index (χ4n) is 2.76. The molecule has 0 bridgehead atoms. The molecule has 0 unspecified atom stereocenters. The third-order valence-corrected chi connectivity index (χ3v) is 3.93. The lowest BCUT2D eigenvalue weighted by Gasteiger charge is -2.19. The lowest BCUT2D eigenvalue weighted by atomic mass is 9.86. The molecule has 0 aliphatic rings. The topological polar surface area (TPSA) is 40.5 Å². The van der Waals surface area contributed by atoms with Gasteiger partial charge >= 0.3 is 0 Å². The zero-order valence-electron chi connectivity index (χ0n) is 12.2. The van der Waals surface area contributed by atoms with E-state index in [2.05, 4.69) is 24.3 Å². The molecule has 3 aromatic rings. The van der Waals surface area contributed by atoms with Crippen molar-refractivity contribution in [2.75, 3.05) is 0 Å². The molecule has 3 aromatic carbocycles. The van der Waals surface area contributed by atoms with E-state index in [-0.39, 0.29) is 17.4 Å². The molecule has 0 aliphatic heterocycles. The molecule has 0 heterocycles. The molecule has 22 heavy (non-hydrogen) atoms. The maximum Gasteiger partial charge on any atom is 0.160 e. The smallest absolute Gasteiger partial charge is 0.160 e. The van der Waals surface area contributed by atoms with Crippen molar-refractivity contribution >= 4 is 0 Å². The van der Waals surface area contributed by atoms with Crippen molar-refractivity contribution in [3.63, 3.8) is 0 Å². The van der Waals surface area contributed by atoms with Gasteiger partial charge in [0, 0.05) is 5.92 Å². The number of phenolic OH excluding ortho intramolecular Hbond substituents is 2. The second-order valence-electron chi connectivity index (χ2n) is 5.36. The Kier molecular flexibility index (Phi) is 4.10. The number of benzene rings is 3. The summed E-state index contributed by atoms with van der Waals surface area (Å²) in [7, 11) is 0. The number of hydrogen-bond donors (Lipinski definition) is 2. The van der Waals surface area contributed by atoms with Crippen molar-refractivity contribution in [3.05, 3.63) is 95.6 Å². The molecule has 0 saturated carbocycles. The first-order chi connectivity index (χ1) is 10.8. The molecular formula is C20H18O2. The normalized spacial score (nSPS) is 10.8. The van der Waals surface area contributed by atoms with Gasteiger partial charge in [-0.15, -0.1) is 0 Å². The van der Waals surface area contributed by atoms with E-state index < -0.39 is 0 Å². The Bertz CT molecular complexity index is 697. The molecule has 0 spiro atoms. The van der Waals surface area contributed by atoms with Crippen molar-refractivity contribution in [1.82, 2.24) is 0 Å². The molecule has 0 radical (unpaired) electrons. The summed E-state index contributed by atoms with van der Waals surface area (Å²) < 4.78 is 0. The van der Waals surface area contributed by atoms with Crippen LogP contribution >= 0.6 is 0 Å². The first kappa shape index (κ1) is 14.2. The van der Waals surface area contributed by atoms with Gasteiger partial charge in [0.1, 0.15) is 0 Å². The fraction of sp³-hybridized carbons (Fsp3) is 0.100. The predicted octanol–water partition coefficient (Wildman–Crippen LogP) is 4.47. The van der Waals surface area contributed by atoms with E-state index in [1.165, 1.54) is 17.2 Å². The largest absolute Gasteiger partial charge is 0.504 e. The zero-order chi connectivity index (χ0) is 15.4. The van der Waals surface area contributed by atoms with Gasteiger partial charge in [-0.3, -0.25) is 0 Å². The quantitative estimate of drug-likeness (QED) is 0.696. The Morgan fingerprint density at radius 2 is 1.18 bits per heavy atom. The Labute approximate surface area is 130 Å².